The minimum atomic E-state index is -0.887. The summed E-state index contributed by atoms with van der Waals surface area (Å²) in [7, 11) is -0.323. The molecule has 30 heavy (non-hydrogen) atoms. The Morgan fingerprint density at radius 1 is 1.20 bits per heavy atom. The zero-order valence-electron chi connectivity index (χ0n) is 19.8. The van der Waals surface area contributed by atoms with Crippen molar-refractivity contribution < 1.29 is 28.7 Å². The van der Waals surface area contributed by atoms with Gasteiger partial charge in [-0.1, -0.05) is 6.42 Å². The maximum absolute atomic E-state index is 12.7. The second-order valence-corrected chi connectivity index (χ2v) is 10.8. The normalized spacial score (nSPS) is 28.4. The summed E-state index contributed by atoms with van der Waals surface area (Å²) < 4.78 is 17.7. The molecule has 2 fully saturated rings. The maximum atomic E-state index is 12.7. The molecule has 2 aliphatic heterocycles. The van der Waals surface area contributed by atoms with Gasteiger partial charge in [0.1, 0.15) is 5.60 Å². The number of rotatable bonds is 5. The van der Waals surface area contributed by atoms with Crippen molar-refractivity contribution in [2.24, 2.45) is 5.92 Å². The van der Waals surface area contributed by atoms with Gasteiger partial charge in [0, 0.05) is 20.0 Å². The van der Waals surface area contributed by atoms with Gasteiger partial charge in [0.2, 0.25) is 5.91 Å². The van der Waals surface area contributed by atoms with E-state index < -0.39 is 28.4 Å². The van der Waals surface area contributed by atoms with Crippen molar-refractivity contribution in [2.75, 3.05) is 19.7 Å². The van der Waals surface area contributed by atoms with Crippen LogP contribution in [-0.2, 0) is 18.8 Å². The van der Waals surface area contributed by atoms with Crippen LogP contribution in [0.25, 0.3) is 0 Å². The van der Waals surface area contributed by atoms with Gasteiger partial charge >= 0.3 is 13.2 Å². The molecule has 0 aromatic heterocycles. The third kappa shape index (κ3) is 6.11. The van der Waals surface area contributed by atoms with Gasteiger partial charge in [0.05, 0.1) is 23.3 Å². The van der Waals surface area contributed by atoms with E-state index in [1.165, 1.54) is 6.92 Å². The molecule has 8 nitrogen and oxygen atoms in total. The Kier molecular flexibility index (Phi) is 7.21. The Bertz CT molecular complexity index is 632. The fraction of sp³-hybridized carbons (Fsp3) is 0.905. The molecule has 2 amide bonds. The van der Waals surface area contributed by atoms with E-state index in [0.29, 0.717) is 19.3 Å². The first-order valence-corrected chi connectivity index (χ1v) is 10.8. The maximum Gasteiger partial charge on any atom is 0.457 e. The van der Waals surface area contributed by atoms with Crippen LogP contribution in [-0.4, -0.2) is 71.2 Å². The van der Waals surface area contributed by atoms with Gasteiger partial charge < -0.3 is 29.4 Å². The van der Waals surface area contributed by atoms with Gasteiger partial charge in [0.15, 0.2) is 0 Å². The molecule has 172 valence electrons. The van der Waals surface area contributed by atoms with E-state index in [2.05, 4.69) is 5.32 Å². The van der Waals surface area contributed by atoms with E-state index in [0.717, 1.165) is 6.42 Å². The SMILES string of the molecule is CC(=O)N[C@]1(CO)C[C@H](CCB2OC(C)(C)C(C)(C)O2)CN(C(=O)OC(C)(C)C)C1. The van der Waals surface area contributed by atoms with Crippen molar-refractivity contribution in [3.8, 4) is 0 Å². The molecular weight excluding hydrogens is 387 g/mol. The molecule has 0 radical (unpaired) electrons. The molecule has 2 rings (SSSR count). The number of amides is 2. The van der Waals surface area contributed by atoms with E-state index in [-0.39, 0.29) is 32.1 Å². The number of likely N-dealkylation sites (tertiary alicyclic amines) is 1. The van der Waals surface area contributed by atoms with Crippen molar-refractivity contribution >= 4 is 19.1 Å². The largest absolute Gasteiger partial charge is 0.457 e. The Morgan fingerprint density at radius 2 is 1.77 bits per heavy atom. The summed E-state index contributed by atoms with van der Waals surface area (Å²) in [5.41, 5.74) is -2.29. The van der Waals surface area contributed by atoms with Gasteiger partial charge in [-0.2, -0.15) is 0 Å². The number of aliphatic hydroxyl groups is 1. The molecule has 2 saturated heterocycles. The van der Waals surface area contributed by atoms with Crippen LogP contribution >= 0.6 is 0 Å². The van der Waals surface area contributed by atoms with Crippen LogP contribution in [0.3, 0.4) is 0 Å². The molecule has 0 aromatic rings. The quantitative estimate of drug-likeness (QED) is 0.656. The van der Waals surface area contributed by atoms with E-state index in [9.17, 15) is 14.7 Å². The summed E-state index contributed by atoms with van der Waals surface area (Å²) in [6.45, 7) is 15.4. The minimum Gasteiger partial charge on any atom is -0.444 e. The lowest BCUT2D eigenvalue weighted by Crippen LogP contribution is -2.63. The molecule has 0 bridgehead atoms. The molecule has 2 N–H and O–H groups in total. The number of nitrogens with zero attached hydrogens (tertiary/aromatic N) is 1. The number of hydrogen-bond donors (Lipinski definition) is 2. The molecule has 2 heterocycles. The summed E-state index contributed by atoms with van der Waals surface area (Å²) in [5.74, 6) is -0.177. The fourth-order valence-corrected chi connectivity index (χ4v) is 4.15. The summed E-state index contributed by atoms with van der Waals surface area (Å²) in [6, 6.07) is 0. The highest BCUT2D eigenvalue weighted by atomic mass is 16.7. The molecule has 9 heteroatoms. The second kappa shape index (κ2) is 8.67. The van der Waals surface area contributed by atoms with Crippen molar-refractivity contribution in [3.05, 3.63) is 0 Å². The smallest absolute Gasteiger partial charge is 0.444 e. The molecule has 0 saturated carbocycles. The highest BCUT2D eigenvalue weighted by molar-refractivity contribution is 6.45. The Hall–Kier alpha value is -1.32. The van der Waals surface area contributed by atoms with Crippen molar-refractivity contribution in [3.63, 3.8) is 0 Å². The van der Waals surface area contributed by atoms with Crippen LogP contribution in [0.4, 0.5) is 4.79 Å². The molecular formula is C21H39BN2O6. The van der Waals surface area contributed by atoms with E-state index in [4.69, 9.17) is 14.0 Å². The predicted molar refractivity (Wildman–Crippen MR) is 115 cm³/mol. The lowest BCUT2D eigenvalue weighted by molar-refractivity contribution is -0.123. The van der Waals surface area contributed by atoms with Crippen LogP contribution in [0.1, 0.15) is 68.2 Å². The van der Waals surface area contributed by atoms with Crippen LogP contribution < -0.4 is 5.32 Å². The van der Waals surface area contributed by atoms with Gasteiger partial charge in [-0.15, -0.1) is 0 Å². The van der Waals surface area contributed by atoms with Crippen LogP contribution in [0.5, 0.6) is 0 Å². The van der Waals surface area contributed by atoms with Crippen LogP contribution in [0.2, 0.25) is 6.32 Å². The van der Waals surface area contributed by atoms with E-state index in [1.54, 1.807) is 4.90 Å². The molecule has 0 aliphatic carbocycles. The minimum absolute atomic E-state index is 0.0595. The van der Waals surface area contributed by atoms with Gasteiger partial charge in [-0.3, -0.25) is 4.79 Å². The number of nitrogens with one attached hydrogen (secondary N) is 1. The monoisotopic (exact) mass is 426 g/mol. The highest BCUT2D eigenvalue weighted by Gasteiger charge is 2.51. The third-order valence-corrected chi connectivity index (χ3v) is 6.16. The fourth-order valence-electron chi connectivity index (χ4n) is 4.15. The molecule has 0 unspecified atom stereocenters. The summed E-state index contributed by atoms with van der Waals surface area (Å²) in [6.07, 6.45) is 1.53. The number of piperidine rings is 1. The summed E-state index contributed by atoms with van der Waals surface area (Å²) >= 11 is 0. The molecule has 2 atom stereocenters. The lowest BCUT2D eigenvalue weighted by Gasteiger charge is -2.45. The standard InChI is InChI=1S/C21H39BN2O6/c1-15(26)23-21(14-25)11-16(12-24(13-21)17(27)28-18(2,3)4)9-10-22-29-19(5,6)20(7,8)30-22/h16,25H,9-14H2,1-8H3,(H,23,26)/t16-,21+/m0/s1. The Labute approximate surface area is 181 Å². The topological polar surface area (TPSA) is 97.3 Å². The number of ether oxygens (including phenoxy) is 1. The number of hydrogen-bond acceptors (Lipinski definition) is 6. The number of carbonyl (C=O) groups is 2. The Morgan fingerprint density at radius 3 is 2.23 bits per heavy atom. The van der Waals surface area contributed by atoms with Crippen molar-refractivity contribution in [1.29, 1.82) is 0 Å². The zero-order chi connectivity index (χ0) is 23.0. The van der Waals surface area contributed by atoms with Gasteiger partial charge in [-0.25, -0.2) is 4.79 Å². The first kappa shape index (κ1) is 24.9. The number of carbonyl (C=O) groups excluding carboxylic acids is 2. The average molecular weight is 426 g/mol. The van der Waals surface area contributed by atoms with E-state index in [1.807, 2.05) is 48.5 Å². The molecule has 2 aliphatic rings. The Balaban J connectivity index is 2.11. The van der Waals surface area contributed by atoms with Crippen molar-refractivity contribution in [2.45, 2.75) is 96.9 Å². The van der Waals surface area contributed by atoms with Crippen LogP contribution in [0.15, 0.2) is 0 Å². The molecule has 0 aromatic carbocycles. The first-order valence-electron chi connectivity index (χ1n) is 10.8. The van der Waals surface area contributed by atoms with Gasteiger partial charge in [0.25, 0.3) is 0 Å². The number of aliphatic hydroxyl groups excluding tert-OH is 1. The lowest BCUT2D eigenvalue weighted by atomic mass is 9.74. The van der Waals surface area contributed by atoms with Crippen LogP contribution in [0, 0.1) is 5.92 Å². The average Bonchev–Trinajstić information content (AvgIpc) is 2.77. The van der Waals surface area contributed by atoms with Crippen molar-refractivity contribution in [1.82, 2.24) is 10.2 Å². The molecule has 0 spiro atoms. The third-order valence-electron chi connectivity index (χ3n) is 6.16. The first-order chi connectivity index (χ1) is 13.6. The predicted octanol–water partition coefficient (Wildman–Crippen LogP) is 2.59. The zero-order valence-corrected chi connectivity index (χ0v) is 19.8. The highest BCUT2D eigenvalue weighted by Crippen LogP contribution is 2.39. The summed E-state index contributed by atoms with van der Waals surface area (Å²) in [4.78, 5) is 26.1. The van der Waals surface area contributed by atoms with Gasteiger partial charge in [-0.05, 0) is 67.1 Å². The summed E-state index contributed by atoms with van der Waals surface area (Å²) in [5, 5.41) is 13.0. The second-order valence-electron chi connectivity index (χ2n) is 10.8. The van der Waals surface area contributed by atoms with E-state index >= 15 is 0 Å².